The lowest BCUT2D eigenvalue weighted by Gasteiger charge is -2.24. The van der Waals surface area contributed by atoms with Crippen molar-refractivity contribution in [2.24, 2.45) is 11.8 Å². The van der Waals surface area contributed by atoms with Crippen LogP contribution >= 0.6 is 0 Å². The Morgan fingerprint density at radius 3 is 2.29 bits per heavy atom. The van der Waals surface area contributed by atoms with Gasteiger partial charge >= 0.3 is 5.97 Å². The molecule has 1 aromatic rings. The van der Waals surface area contributed by atoms with Gasteiger partial charge in [-0.2, -0.15) is 0 Å². The standard InChI is InChI=1S/C19H28O5/c20-14(7-6-13-4-2-1-3-5-13)8-9-15-16(10-11-19(23)24)18(22)12-17(15)21/h1-5,14-18,20-22H,6-12H2,(H,23,24)/t14-,15+,16-,17+,18-/m0/s1. The van der Waals surface area contributed by atoms with Crippen LogP contribution in [0.25, 0.3) is 0 Å². The average molecular weight is 336 g/mol. The monoisotopic (exact) mass is 336 g/mol. The molecular weight excluding hydrogens is 308 g/mol. The quantitative estimate of drug-likeness (QED) is 0.553. The first-order valence-corrected chi connectivity index (χ1v) is 8.77. The molecule has 0 heterocycles. The molecular formula is C19H28O5. The van der Waals surface area contributed by atoms with Crippen LogP contribution in [-0.4, -0.2) is 44.7 Å². The summed E-state index contributed by atoms with van der Waals surface area (Å²) in [6.07, 6.45) is 1.61. The highest BCUT2D eigenvalue weighted by molar-refractivity contribution is 5.66. The van der Waals surface area contributed by atoms with Gasteiger partial charge < -0.3 is 20.4 Å². The van der Waals surface area contributed by atoms with E-state index < -0.39 is 24.3 Å². The van der Waals surface area contributed by atoms with Crippen molar-refractivity contribution in [3.05, 3.63) is 35.9 Å². The summed E-state index contributed by atoms with van der Waals surface area (Å²) in [5, 5.41) is 39.2. The number of carboxylic acid groups (broad SMARTS) is 1. The minimum Gasteiger partial charge on any atom is -0.481 e. The Labute approximate surface area is 143 Å². The van der Waals surface area contributed by atoms with Crippen LogP contribution in [0.15, 0.2) is 30.3 Å². The van der Waals surface area contributed by atoms with Crippen molar-refractivity contribution in [1.29, 1.82) is 0 Å². The number of hydrogen-bond donors (Lipinski definition) is 4. The van der Waals surface area contributed by atoms with E-state index >= 15 is 0 Å². The molecule has 0 saturated heterocycles. The molecule has 1 fully saturated rings. The average Bonchev–Trinajstić information content (AvgIpc) is 2.83. The molecule has 5 atom stereocenters. The molecule has 1 aromatic carbocycles. The second-order valence-corrected chi connectivity index (χ2v) is 6.89. The molecule has 134 valence electrons. The fraction of sp³-hybridized carbons (Fsp3) is 0.632. The van der Waals surface area contributed by atoms with Gasteiger partial charge in [0.25, 0.3) is 0 Å². The van der Waals surface area contributed by atoms with Gasteiger partial charge in [0.2, 0.25) is 0 Å². The fourth-order valence-corrected chi connectivity index (χ4v) is 3.78. The molecule has 5 nitrogen and oxygen atoms in total. The van der Waals surface area contributed by atoms with E-state index in [1.807, 2.05) is 30.3 Å². The Balaban J connectivity index is 1.78. The summed E-state index contributed by atoms with van der Waals surface area (Å²) in [6, 6.07) is 9.98. The molecule has 1 aliphatic carbocycles. The lowest BCUT2D eigenvalue weighted by atomic mass is 9.85. The van der Waals surface area contributed by atoms with Crippen molar-refractivity contribution in [3.8, 4) is 0 Å². The fourth-order valence-electron chi connectivity index (χ4n) is 3.78. The van der Waals surface area contributed by atoms with E-state index in [4.69, 9.17) is 5.11 Å². The number of aliphatic hydroxyl groups is 3. The van der Waals surface area contributed by atoms with Crippen LogP contribution in [0, 0.1) is 11.8 Å². The maximum Gasteiger partial charge on any atom is 0.303 e. The van der Waals surface area contributed by atoms with Crippen molar-refractivity contribution in [1.82, 2.24) is 0 Å². The number of aryl methyl sites for hydroxylation is 1. The zero-order valence-electron chi connectivity index (χ0n) is 13.9. The molecule has 0 amide bonds. The molecule has 2 rings (SSSR count). The Bertz CT molecular complexity index is 504. The van der Waals surface area contributed by atoms with E-state index in [0.717, 1.165) is 6.42 Å². The van der Waals surface area contributed by atoms with Gasteiger partial charge in [-0.15, -0.1) is 0 Å². The summed E-state index contributed by atoms with van der Waals surface area (Å²) in [6.45, 7) is 0. The second kappa shape index (κ2) is 9.16. The van der Waals surface area contributed by atoms with E-state index in [0.29, 0.717) is 32.1 Å². The number of aliphatic carboxylic acids is 1. The molecule has 0 radical (unpaired) electrons. The molecule has 0 aromatic heterocycles. The zero-order valence-corrected chi connectivity index (χ0v) is 13.9. The number of carboxylic acids is 1. The summed E-state index contributed by atoms with van der Waals surface area (Å²) >= 11 is 0. The summed E-state index contributed by atoms with van der Waals surface area (Å²) in [5.41, 5.74) is 1.19. The summed E-state index contributed by atoms with van der Waals surface area (Å²) in [4.78, 5) is 10.8. The summed E-state index contributed by atoms with van der Waals surface area (Å²) in [7, 11) is 0. The molecule has 0 aliphatic heterocycles. The summed E-state index contributed by atoms with van der Waals surface area (Å²) < 4.78 is 0. The van der Waals surface area contributed by atoms with Gasteiger partial charge in [-0.05, 0) is 55.9 Å². The molecule has 1 aliphatic rings. The van der Waals surface area contributed by atoms with Crippen LogP contribution in [0.4, 0.5) is 0 Å². The smallest absolute Gasteiger partial charge is 0.303 e. The van der Waals surface area contributed by atoms with Gasteiger partial charge in [0.15, 0.2) is 0 Å². The molecule has 4 N–H and O–H groups in total. The van der Waals surface area contributed by atoms with Crippen molar-refractivity contribution >= 4 is 5.97 Å². The number of hydrogen-bond acceptors (Lipinski definition) is 4. The first kappa shape index (κ1) is 18.9. The van der Waals surface area contributed by atoms with Gasteiger partial charge in [0.1, 0.15) is 0 Å². The third kappa shape index (κ3) is 5.58. The van der Waals surface area contributed by atoms with Crippen molar-refractivity contribution in [3.63, 3.8) is 0 Å². The molecule has 1 saturated carbocycles. The molecule has 0 unspecified atom stereocenters. The van der Waals surface area contributed by atoms with Crippen LogP contribution in [0.5, 0.6) is 0 Å². The van der Waals surface area contributed by atoms with Crippen LogP contribution in [0.3, 0.4) is 0 Å². The molecule has 5 heteroatoms. The zero-order chi connectivity index (χ0) is 17.5. The largest absolute Gasteiger partial charge is 0.481 e. The molecule has 24 heavy (non-hydrogen) atoms. The number of aliphatic hydroxyl groups excluding tert-OH is 3. The van der Waals surface area contributed by atoms with Gasteiger partial charge in [-0.25, -0.2) is 0 Å². The third-order valence-corrected chi connectivity index (χ3v) is 5.16. The predicted molar refractivity (Wildman–Crippen MR) is 90.5 cm³/mol. The predicted octanol–water partition coefficient (Wildman–Crippen LogP) is 1.98. The molecule has 0 bridgehead atoms. The van der Waals surface area contributed by atoms with Crippen LogP contribution in [0.2, 0.25) is 0 Å². The topological polar surface area (TPSA) is 98.0 Å². The van der Waals surface area contributed by atoms with Gasteiger partial charge in [0.05, 0.1) is 18.3 Å². The summed E-state index contributed by atoms with van der Waals surface area (Å²) in [5.74, 6) is -1.21. The normalized spacial score (nSPS) is 28.0. The van der Waals surface area contributed by atoms with E-state index in [-0.39, 0.29) is 18.3 Å². The van der Waals surface area contributed by atoms with Crippen LogP contribution in [0.1, 0.15) is 44.1 Å². The maximum absolute atomic E-state index is 10.8. The highest BCUT2D eigenvalue weighted by Crippen LogP contribution is 2.38. The SMILES string of the molecule is O=C(O)CC[C@H]1[C@@H](CC[C@@H](O)CCc2ccccc2)[C@H](O)C[C@@H]1O. The van der Waals surface area contributed by atoms with Crippen LogP contribution < -0.4 is 0 Å². The Hall–Kier alpha value is -1.43. The van der Waals surface area contributed by atoms with E-state index in [2.05, 4.69) is 0 Å². The van der Waals surface area contributed by atoms with E-state index in [9.17, 15) is 20.1 Å². The van der Waals surface area contributed by atoms with Gasteiger partial charge in [0, 0.05) is 6.42 Å². The maximum atomic E-state index is 10.8. The van der Waals surface area contributed by atoms with Crippen molar-refractivity contribution in [2.75, 3.05) is 0 Å². The first-order chi connectivity index (χ1) is 11.5. The second-order valence-electron chi connectivity index (χ2n) is 6.89. The molecule has 0 spiro atoms. The van der Waals surface area contributed by atoms with E-state index in [1.54, 1.807) is 0 Å². The minimum absolute atomic E-state index is 0.00150. The Morgan fingerprint density at radius 1 is 1.04 bits per heavy atom. The Morgan fingerprint density at radius 2 is 1.67 bits per heavy atom. The van der Waals surface area contributed by atoms with Crippen molar-refractivity contribution < 1.29 is 25.2 Å². The first-order valence-electron chi connectivity index (χ1n) is 8.77. The van der Waals surface area contributed by atoms with Gasteiger partial charge in [-0.3, -0.25) is 4.79 Å². The Kier molecular flexibility index (Phi) is 7.21. The number of carbonyl (C=O) groups is 1. The van der Waals surface area contributed by atoms with Gasteiger partial charge in [-0.1, -0.05) is 30.3 Å². The highest BCUT2D eigenvalue weighted by Gasteiger charge is 2.41. The highest BCUT2D eigenvalue weighted by atomic mass is 16.4. The number of benzene rings is 1. The van der Waals surface area contributed by atoms with Crippen LogP contribution in [-0.2, 0) is 11.2 Å². The third-order valence-electron chi connectivity index (χ3n) is 5.16. The number of rotatable bonds is 9. The minimum atomic E-state index is -0.884. The van der Waals surface area contributed by atoms with E-state index in [1.165, 1.54) is 5.56 Å². The lowest BCUT2D eigenvalue weighted by Crippen LogP contribution is -2.24. The lowest BCUT2D eigenvalue weighted by molar-refractivity contribution is -0.137. The van der Waals surface area contributed by atoms with Crippen molar-refractivity contribution in [2.45, 2.75) is 63.3 Å².